The summed E-state index contributed by atoms with van der Waals surface area (Å²) in [5.41, 5.74) is -0.302. The highest BCUT2D eigenvalue weighted by molar-refractivity contribution is 4.80. The van der Waals surface area contributed by atoms with Crippen LogP contribution < -0.4 is 0 Å². The second-order valence-corrected chi connectivity index (χ2v) is 6.21. The van der Waals surface area contributed by atoms with Gasteiger partial charge in [-0.2, -0.15) is 0 Å². The van der Waals surface area contributed by atoms with E-state index in [1.165, 1.54) is 57.8 Å². The maximum absolute atomic E-state index is 5.79. The molecule has 0 N–H and O–H groups in total. The topological polar surface area (TPSA) is 36.9 Å². The van der Waals surface area contributed by atoms with E-state index in [0.717, 1.165) is 19.3 Å². The normalized spacial score (nSPS) is 27.6. The second-order valence-electron chi connectivity index (χ2n) is 6.21. The standard InChI is InChI=1S/C16H30O4/c1-2-4-6-8-11-16(12-9-7-5-3-1)15-19-17-13-10-14-18-20-16/h1-15H2. The minimum absolute atomic E-state index is 0.302. The van der Waals surface area contributed by atoms with Gasteiger partial charge in [-0.05, 0) is 12.8 Å². The van der Waals surface area contributed by atoms with E-state index in [0.29, 0.717) is 19.8 Å². The van der Waals surface area contributed by atoms with Crippen molar-refractivity contribution in [3.63, 3.8) is 0 Å². The molecule has 0 bridgehead atoms. The maximum atomic E-state index is 5.79. The smallest absolute Gasteiger partial charge is 0.130 e. The summed E-state index contributed by atoms with van der Waals surface area (Å²) in [7, 11) is 0. The molecule has 1 aliphatic carbocycles. The highest BCUT2D eigenvalue weighted by atomic mass is 17.2. The van der Waals surface area contributed by atoms with E-state index in [-0.39, 0.29) is 5.60 Å². The van der Waals surface area contributed by atoms with Crippen molar-refractivity contribution in [1.29, 1.82) is 0 Å². The third-order valence-electron chi connectivity index (χ3n) is 4.36. The van der Waals surface area contributed by atoms with Gasteiger partial charge in [0.25, 0.3) is 0 Å². The van der Waals surface area contributed by atoms with Gasteiger partial charge in [0.1, 0.15) is 12.2 Å². The van der Waals surface area contributed by atoms with E-state index >= 15 is 0 Å². The van der Waals surface area contributed by atoms with Crippen molar-refractivity contribution in [2.45, 2.75) is 82.7 Å². The Hall–Kier alpha value is -0.160. The summed E-state index contributed by atoms with van der Waals surface area (Å²) in [5.74, 6) is 0. The molecule has 4 heteroatoms. The second kappa shape index (κ2) is 9.72. The van der Waals surface area contributed by atoms with Gasteiger partial charge >= 0.3 is 0 Å². The van der Waals surface area contributed by atoms with Gasteiger partial charge in [0, 0.05) is 6.42 Å². The molecule has 0 aromatic carbocycles. The monoisotopic (exact) mass is 286 g/mol. The van der Waals surface area contributed by atoms with Crippen LogP contribution in [-0.4, -0.2) is 25.4 Å². The lowest BCUT2D eigenvalue weighted by atomic mass is 9.89. The number of hydrogen-bond donors (Lipinski definition) is 0. The molecule has 0 unspecified atom stereocenters. The quantitative estimate of drug-likeness (QED) is 0.621. The highest BCUT2D eigenvalue weighted by Crippen LogP contribution is 2.29. The van der Waals surface area contributed by atoms with Crippen LogP contribution in [-0.2, 0) is 19.6 Å². The predicted octanol–water partition coefficient (Wildman–Crippen LogP) is 4.33. The predicted molar refractivity (Wildman–Crippen MR) is 77.1 cm³/mol. The molecule has 0 atom stereocenters. The van der Waals surface area contributed by atoms with Crippen LogP contribution in [0.5, 0.6) is 0 Å². The van der Waals surface area contributed by atoms with Crippen LogP contribution in [0.15, 0.2) is 0 Å². The average Bonchev–Trinajstić information content (AvgIpc) is 2.56. The molecule has 20 heavy (non-hydrogen) atoms. The van der Waals surface area contributed by atoms with Crippen molar-refractivity contribution in [3.05, 3.63) is 0 Å². The van der Waals surface area contributed by atoms with E-state index in [9.17, 15) is 0 Å². The van der Waals surface area contributed by atoms with Crippen molar-refractivity contribution in [1.82, 2.24) is 0 Å². The van der Waals surface area contributed by atoms with E-state index in [1.54, 1.807) is 0 Å². The Bertz CT molecular complexity index is 221. The Morgan fingerprint density at radius 3 is 1.70 bits per heavy atom. The Kier molecular flexibility index (Phi) is 7.88. The van der Waals surface area contributed by atoms with Gasteiger partial charge < -0.3 is 0 Å². The zero-order chi connectivity index (χ0) is 13.9. The third-order valence-corrected chi connectivity index (χ3v) is 4.36. The molecule has 2 aliphatic rings. The van der Waals surface area contributed by atoms with Crippen molar-refractivity contribution in [2.75, 3.05) is 19.8 Å². The summed E-state index contributed by atoms with van der Waals surface area (Å²) in [5, 5.41) is 0. The van der Waals surface area contributed by atoms with Crippen molar-refractivity contribution < 1.29 is 19.6 Å². The molecule has 1 spiro atoms. The Labute approximate surface area is 123 Å². The van der Waals surface area contributed by atoms with Crippen molar-refractivity contribution in [2.24, 2.45) is 0 Å². The molecular formula is C16H30O4. The van der Waals surface area contributed by atoms with Crippen LogP contribution in [0.4, 0.5) is 0 Å². The maximum Gasteiger partial charge on any atom is 0.130 e. The van der Waals surface area contributed by atoms with Gasteiger partial charge in [-0.15, -0.1) is 0 Å². The molecule has 1 saturated heterocycles. The van der Waals surface area contributed by atoms with Gasteiger partial charge in [-0.25, -0.2) is 19.6 Å². The molecular weight excluding hydrogens is 256 g/mol. The van der Waals surface area contributed by atoms with E-state index in [2.05, 4.69) is 0 Å². The zero-order valence-corrected chi connectivity index (χ0v) is 12.7. The van der Waals surface area contributed by atoms with Gasteiger partial charge in [-0.1, -0.05) is 57.8 Å². The Morgan fingerprint density at radius 1 is 0.500 bits per heavy atom. The fraction of sp³-hybridized carbons (Fsp3) is 1.00. The van der Waals surface area contributed by atoms with E-state index in [1.807, 2.05) is 0 Å². The first-order valence-corrected chi connectivity index (χ1v) is 8.46. The van der Waals surface area contributed by atoms with Crippen LogP contribution in [0.25, 0.3) is 0 Å². The number of rotatable bonds is 0. The van der Waals surface area contributed by atoms with Gasteiger partial charge in [0.05, 0.1) is 13.2 Å². The van der Waals surface area contributed by atoms with Crippen molar-refractivity contribution >= 4 is 0 Å². The first kappa shape index (κ1) is 16.2. The molecule has 2 rings (SSSR count). The van der Waals surface area contributed by atoms with Crippen LogP contribution >= 0.6 is 0 Å². The largest absolute Gasteiger partial charge is 0.237 e. The third kappa shape index (κ3) is 6.08. The van der Waals surface area contributed by atoms with Gasteiger partial charge in [0.15, 0.2) is 0 Å². The SMILES string of the molecule is C1CCCCCC2(CCCCC1)COOCCCOO2. The van der Waals surface area contributed by atoms with E-state index < -0.39 is 0 Å². The lowest BCUT2D eigenvalue weighted by molar-refractivity contribution is -0.389. The highest BCUT2D eigenvalue weighted by Gasteiger charge is 2.33. The molecule has 1 aliphatic heterocycles. The summed E-state index contributed by atoms with van der Waals surface area (Å²) in [4.78, 5) is 21.8. The molecule has 118 valence electrons. The summed E-state index contributed by atoms with van der Waals surface area (Å²) in [6.07, 6.45) is 14.6. The molecule has 1 heterocycles. The first-order chi connectivity index (χ1) is 9.91. The van der Waals surface area contributed by atoms with Gasteiger partial charge in [0.2, 0.25) is 0 Å². The van der Waals surface area contributed by atoms with Crippen LogP contribution in [0.2, 0.25) is 0 Å². The fourth-order valence-electron chi connectivity index (χ4n) is 3.06. The average molecular weight is 286 g/mol. The summed E-state index contributed by atoms with van der Waals surface area (Å²) >= 11 is 0. The van der Waals surface area contributed by atoms with E-state index in [4.69, 9.17) is 19.6 Å². The molecule has 4 nitrogen and oxygen atoms in total. The minimum Gasteiger partial charge on any atom is -0.237 e. The lowest BCUT2D eigenvalue weighted by Gasteiger charge is -2.31. The summed E-state index contributed by atoms with van der Waals surface area (Å²) in [6.45, 7) is 1.66. The lowest BCUT2D eigenvalue weighted by Crippen LogP contribution is -2.38. The summed E-state index contributed by atoms with van der Waals surface area (Å²) in [6, 6.07) is 0. The number of hydrogen-bond acceptors (Lipinski definition) is 4. The van der Waals surface area contributed by atoms with Crippen LogP contribution in [0.1, 0.15) is 77.0 Å². The molecule has 1 saturated carbocycles. The van der Waals surface area contributed by atoms with Gasteiger partial charge in [-0.3, -0.25) is 0 Å². The Balaban J connectivity index is 1.89. The Morgan fingerprint density at radius 2 is 1.05 bits per heavy atom. The molecule has 0 aromatic heterocycles. The molecule has 0 radical (unpaired) electrons. The minimum atomic E-state index is -0.302. The zero-order valence-electron chi connectivity index (χ0n) is 12.7. The van der Waals surface area contributed by atoms with Crippen LogP contribution in [0, 0.1) is 0 Å². The molecule has 0 aromatic rings. The molecule has 2 fully saturated rings. The summed E-state index contributed by atoms with van der Waals surface area (Å²) < 4.78 is 0. The van der Waals surface area contributed by atoms with Crippen LogP contribution in [0.3, 0.4) is 0 Å². The first-order valence-electron chi connectivity index (χ1n) is 8.46. The van der Waals surface area contributed by atoms with Crippen molar-refractivity contribution in [3.8, 4) is 0 Å². The molecule has 0 amide bonds. The fourth-order valence-corrected chi connectivity index (χ4v) is 3.06.